The molecule has 2 aliphatic heterocycles. The van der Waals surface area contributed by atoms with E-state index in [9.17, 15) is 0 Å². The maximum atomic E-state index is 5.32. The normalized spacial score (nSPS) is 16.4. The van der Waals surface area contributed by atoms with Crippen LogP contribution in [0.15, 0.2) is 23.3 Å². The highest BCUT2D eigenvalue weighted by atomic mass is 16.6. The van der Waals surface area contributed by atoms with Gasteiger partial charge in [-0.25, -0.2) is 5.48 Å². The largest absolute Gasteiger partial charge is 0.382 e. The van der Waals surface area contributed by atoms with E-state index in [1.807, 2.05) is 18.2 Å². The smallest absolute Gasteiger partial charge is 0.195 e. The van der Waals surface area contributed by atoms with Crippen LogP contribution in [-0.4, -0.2) is 19.0 Å². The van der Waals surface area contributed by atoms with Crippen molar-refractivity contribution in [3.05, 3.63) is 29.5 Å². The first-order valence-electron chi connectivity index (χ1n) is 5.62. The van der Waals surface area contributed by atoms with Gasteiger partial charge in [0.05, 0.1) is 6.54 Å². The van der Waals surface area contributed by atoms with Crippen LogP contribution in [0.25, 0.3) is 6.08 Å². The monoisotopic (exact) mass is 230 g/mol. The van der Waals surface area contributed by atoms with Crippen molar-refractivity contribution < 1.29 is 4.84 Å². The van der Waals surface area contributed by atoms with Crippen LogP contribution < -0.4 is 21.0 Å². The molecule has 0 aromatic heterocycles. The van der Waals surface area contributed by atoms with Crippen LogP contribution in [0.1, 0.15) is 11.1 Å². The van der Waals surface area contributed by atoms with Crippen LogP contribution in [0.3, 0.4) is 0 Å². The first-order valence-corrected chi connectivity index (χ1v) is 5.62. The zero-order valence-electron chi connectivity index (χ0n) is 9.58. The van der Waals surface area contributed by atoms with Gasteiger partial charge >= 0.3 is 0 Å². The highest BCUT2D eigenvalue weighted by molar-refractivity contribution is 5.96. The molecule has 0 aliphatic carbocycles. The molecule has 0 saturated heterocycles. The second kappa shape index (κ2) is 4.01. The quantitative estimate of drug-likeness (QED) is 0.679. The van der Waals surface area contributed by atoms with Gasteiger partial charge in [-0.15, -0.1) is 0 Å². The molecule has 3 N–H and O–H groups in total. The lowest BCUT2D eigenvalue weighted by Gasteiger charge is -2.18. The highest BCUT2D eigenvalue weighted by Gasteiger charge is 2.13. The number of hydrogen-bond donors (Lipinski definition) is 3. The molecule has 88 valence electrons. The minimum absolute atomic E-state index is 0.833. The minimum atomic E-state index is 0.833. The molecule has 5 nitrogen and oxygen atoms in total. The summed E-state index contributed by atoms with van der Waals surface area (Å²) in [5.74, 6) is 1.68. The SMILES string of the molecule is Cc1c(NC2=NCCN2)ccc2c1C=CNO2. The summed E-state index contributed by atoms with van der Waals surface area (Å²) in [5, 5.41) is 6.48. The summed E-state index contributed by atoms with van der Waals surface area (Å²) in [6.07, 6.45) is 3.79. The van der Waals surface area contributed by atoms with E-state index in [1.54, 1.807) is 6.20 Å². The average Bonchev–Trinajstić information content (AvgIpc) is 2.86. The zero-order valence-corrected chi connectivity index (χ0v) is 9.58. The second-order valence-corrected chi connectivity index (χ2v) is 3.99. The van der Waals surface area contributed by atoms with Crippen molar-refractivity contribution in [1.29, 1.82) is 0 Å². The first-order chi connectivity index (χ1) is 8.34. The molecule has 0 amide bonds. The Morgan fingerprint density at radius 2 is 2.35 bits per heavy atom. The van der Waals surface area contributed by atoms with Gasteiger partial charge in [-0.2, -0.15) is 0 Å². The number of anilines is 1. The molecule has 0 fully saturated rings. The first kappa shape index (κ1) is 10.0. The predicted molar refractivity (Wildman–Crippen MR) is 67.9 cm³/mol. The number of nitrogens with zero attached hydrogens (tertiary/aromatic N) is 1. The van der Waals surface area contributed by atoms with E-state index in [0.717, 1.165) is 41.6 Å². The Bertz CT molecular complexity index is 507. The van der Waals surface area contributed by atoms with Crippen LogP contribution >= 0.6 is 0 Å². The molecule has 0 atom stereocenters. The van der Waals surface area contributed by atoms with Crippen molar-refractivity contribution >= 4 is 17.7 Å². The lowest BCUT2D eigenvalue weighted by Crippen LogP contribution is -2.26. The van der Waals surface area contributed by atoms with Crippen molar-refractivity contribution in [2.24, 2.45) is 4.99 Å². The van der Waals surface area contributed by atoms with E-state index in [2.05, 4.69) is 28.0 Å². The van der Waals surface area contributed by atoms with Gasteiger partial charge in [-0.1, -0.05) is 0 Å². The van der Waals surface area contributed by atoms with Crippen molar-refractivity contribution in [1.82, 2.24) is 10.8 Å². The number of nitrogens with one attached hydrogen (secondary N) is 3. The van der Waals surface area contributed by atoms with Crippen molar-refractivity contribution in [3.63, 3.8) is 0 Å². The number of fused-ring (bicyclic) bond motifs is 1. The molecule has 17 heavy (non-hydrogen) atoms. The maximum absolute atomic E-state index is 5.32. The van der Waals surface area contributed by atoms with Gasteiger partial charge in [-0.05, 0) is 30.7 Å². The fraction of sp³-hybridized carbons (Fsp3) is 0.250. The Labute approximate surface area is 99.5 Å². The van der Waals surface area contributed by atoms with Crippen LogP contribution in [0.5, 0.6) is 5.75 Å². The maximum Gasteiger partial charge on any atom is 0.195 e. The average molecular weight is 230 g/mol. The van der Waals surface area contributed by atoms with Crippen molar-refractivity contribution in [2.45, 2.75) is 6.92 Å². The number of rotatable bonds is 1. The molecular weight excluding hydrogens is 216 g/mol. The number of hydroxylamine groups is 1. The molecule has 0 spiro atoms. The summed E-state index contributed by atoms with van der Waals surface area (Å²) < 4.78 is 0. The molecule has 3 rings (SSSR count). The molecule has 0 radical (unpaired) electrons. The molecule has 5 heteroatoms. The Morgan fingerprint density at radius 3 is 3.18 bits per heavy atom. The molecule has 0 unspecified atom stereocenters. The van der Waals surface area contributed by atoms with E-state index in [1.165, 1.54) is 0 Å². The lowest BCUT2D eigenvalue weighted by molar-refractivity contribution is 0.239. The molecule has 1 aromatic rings. The number of hydrogen-bond acceptors (Lipinski definition) is 5. The van der Waals surface area contributed by atoms with Crippen LogP contribution in [0, 0.1) is 6.92 Å². The number of guanidine groups is 1. The van der Waals surface area contributed by atoms with Gasteiger partial charge in [0.15, 0.2) is 11.7 Å². The Balaban J connectivity index is 1.93. The summed E-state index contributed by atoms with van der Waals surface area (Å²) in [4.78, 5) is 9.64. The lowest BCUT2D eigenvalue weighted by atomic mass is 10.0. The summed E-state index contributed by atoms with van der Waals surface area (Å²) in [7, 11) is 0. The van der Waals surface area contributed by atoms with Crippen LogP contribution in [0.2, 0.25) is 0 Å². The molecule has 2 aliphatic rings. The molecular formula is C12H14N4O. The van der Waals surface area contributed by atoms with E-state index in [-0.39, 0.29) is 0 Å². The van der Waals surface area contributed by atoms with Gasteiger partial charge in [0.1, 0.15) is 0 Å². The third-order valence-electron chi connectivity index (χ3n) is 2.89. The van der Waals surface area contributed by atoms with E-state index >= 15 is 0 Å². The van der Waals surface area contributed by atoms with Crippen LogP contribution in [0.4, 0.5) is 5.69 Å². The fourth-order valence-corrected chi connectivity index (χ4v) is 1.96. The third-order valence-corrected chi connectivity index (χ3v) is 2.89. The molecule has 2 heterocycles. The van der Waals surface area contributed by atoms with E-state index in [4.69, 9.17) is 4.84 Å². The van der Waals surface area contributed by atoms with Gasteiger partial charge in [0.25, 0.3) is 0 Å². The van der Waals surface area contributed by atoms with Crippen molar-refractivity contribution in [2.75, 3.05) is 18.4 Å². The topological polar surface area (TPSA) is 57.7 Å². The van der Waals surface area contributed by atoms with E-state index in [0.29, 0.717) is 0 Å². The third kappa shape index (κ3) is 1.80. The zero-order chi connectivity index (χ0) is 11.7. The number of aliphatic imine (C=N–C) groups is 1. The molecule has 1 aromatic carbocycles. The summed E-state index contributed by atoms with van der Waals surface area (Å²) in [5.41, 5.74) is 6.01. The van der Waals surface area contributed by atoms with Crippen molar-refractivity contribution in [3.8, 4) is 5.75 Å². The standard InChI is InChI=1S/C12H14N4O/c1-8-9-4-5-15-17-11(9)3-2-10(8)16-12-13-6-7-14-12/h2-5,15H,6-7H2,1H3,(H2,13,14,16). The van der Waals surface area contributed by atoms with Gasteiger partial charge in [0.2, 0.25) is 0 Å². The Kier molecular flexibility index (Phi) is 2.36. The predicted octanol–water partition coefficient (Wildman–Crippen LogP) is 1.23. The van der Waals surface area contributed by atoms with Gasteiger partial charge in [-0.3, -0.25) is 4.99 Å². The Hall–Kier alpha value is -2.17. The highest BCUT2D eigenvalue weighted by Crippen LogP contribution is 2.30. The van der Waals surface area contributed by atoms with Gasteiger partial charge in [0, 0.05) is 24.0 Å². The molecule has 0 bridgehead atoms. The van der Waals surface area contributed by atoms with Crippen LogP contribution in [-0.2, 0) is 0 Å². The van der Waals surface area contributed by atoms with Gasteiger partial charge < -0.3 is 15.5 Å². The second-order valence-electron chi connectivity index (χ2n) is 3.99. The summed E-state index contributed by atoms with van der Waals surface area (Å²) >= 11 is 0. The number of benzene rings is 1. The summed E-state index contributed by atoms with van der Waals surface area (Å²) in [6, 6.07) is 3.94. The molecule has 0 saturated carbocycles. The fourth-order valence-electron chi connectivity index (χ4n) is 1.96. The minimum Gasteiger partial charge on any atom is -0.382 e. The summed E-state index contributed by atoms with van der Waals surface area (Å²) in [6.45, 7) is 3.80. The van der Waals surface area contributed by atoms with E-state index < -0.39 is 0 Å². The Morgan fingerprint density at radius 1 is 1.41 bits per heavy atom.